The van der Waals surface area contributed by atoms with Gasteiger partial charge in [0, 0.05) is 12.7 Å². The van der Waals surface area contributed by atoms with Crippen molar-refractivity contribution < 1.29 is 13.2 Å². The smallest absolute Gasteiger partial charge is 0.318 e. The molecule has 2 amide bonds. The van der Waals surface area contributed by atoms with E-state index in [0.717, 1.165) is 24.8 Å². The number of carbonyl (C=O) groups excluding carboxylic acids is 1. The predicted octanol–water partition coefficient (Wildman–Crippen LogP) is 2.73. The Kier molecular flexibility index (Phi) is 4.44. The summed E-state index contributed by atoms with van der Waals surface area (Å²) >= 11 is 0. The van der Waals surface area contributed by atoms with Gasteiger partial charge in [-0.2, -0.15) is 0 Å². The van der Waals surface area contributed by atoms with Gasteiger partial charge >= 0.3 is 6.03 Å². The van der Waals surface area contributed by atoms with Crippen LogP contribution in [-0.4, -0.2) is 21.5 Å². The molecule has 0 aliphatic heterocycles. The van der Waals surface area contributed by atoms with Gasteiger partial charge in [0.1, 0.15) is 0 Å². The second kappa shape index (κ2) is 6.52. The molecule has 0 heterocycles. The van der Waals surface area contributed by atoms with Gasteiger partial charge in [-0.15, -0.1) is 0 Å². The van der Waals surface area contributed by atoms with E-state index < -0.39 is 10.0 Å². The molecule has 0 spiro atoms. The van der Waals surface area contributed by atoms with Crippen LogP contribution in [0.15, 0.2) is 47.4 Å². The average Bonchev–Trinajstić information content (AvgIpc) is 3.02. The number of aryl methyl sites for hydroxylation is 2. The monoisotopic (exact) mass is 345 g/mol. The number of sulfonamides is 1. The second-order valence-corrected chi connectivity index (χ2v) is 7.36. The molecule has 3 N–H and O–H groups in total. The van der Waals surface area contributed by atoms with Crippen LogP contribution in [0.1, 0.15) is 17.5 Å². The fourth-order valence-electron chi connectivity index (χ4n) is 2.78. The first kappa shape index (κ1) is 16.3. The van der Waals surface area contributed by atoms with Crippen molar-refractivity contribution in [1.82, 2.24) is 5.32 Å². The van der Waals surface area contributed by atoms with Gasteiger partial charge in [-0.3, -0.25) is 4.72 Å². The van der Waals surface area contributed by atoms with Crippen molar-refractivity contribution in [2.24, 2.45) is 0 Å². The molecule has 0 saturated carbocycles. The number of benzene rings is 2. The van der Waals surface area contributed by atoms with Crippen LogP contribution in [0.25, 0.3) is 0 Å². The highest BCUT2D eigenvalue weighted by atomic mass is 32.2. The lowest BCUT2D eigenvalue weighted by atomic mass is 10.1. The zero-order chi connectivity index (χ0) is 17.2. The van der Waals surface area contributed by atoms with Crippen LogP contribution < -0.4 is 15.4 Å². The maximum absolute atomic E-state index is 12.6. The fraction of sp³-hybridized carbons (Fsp3) is 0.235. The van der Waals surface area contributed by atoms with Gasteiger partial charge in [0.2, 0.25) is 0 Å². The Labute approximate surface area is 141 Å². The highest BCUT2D eigenvalue weighted by Crippen LogP contribution is 2.26. The molecule has 0 fully saturated rings. The molecule has 0 unspecified atom stereocenters. The minimum absolute atomic E-state index is 0.257. The van der Waals surface area contributed by atoms with Crippen LogP contribution in [-0.2, 0) is 22.9 Å². The lowest BCUT2D eigenvalue weighted by Gasteiger charge is -2.11. The van der Waals surface area contributed by atoms with Crippen LogP contribution in [0.4, 0.5) is 16.2 Å². The third-order valence-corrected chi connectivity index (χ3v) is 5.36. The summed E-state index contributed by atoms with van der Waals surface area (Å²) in [5.41, 5.74) is 3.23. The maximum Gasteiger partial charge on any atom is 0.318 e. The Morgan fingerprint density at radius 1 is 1.00 bits per heavy atom. The SMILES string of the molecule is CNC(=O)Nc1cccc(NS(=O)(=O)c2ccc3c(c2)CCC3)c1. The zero-order valence-electron chi connectivity index (χ0n) is 13.3. The molecule has 24 heavy (non-hydrogen) atoms. The molecular weight excluding hydrogens is 326 g/mol. The number of carbonyl (C=O) groups is 1. The first-order valence-corrected chi connectivity index (χ1v) is 9.20. The summed E-state index contributed by atoms with van der Waals surface area (Å²) in [6.45, 7) is 0. The summed E-state index contributed by atoms with van der Waals surface area (Å²) in [4.78, 5) is 11.6. The summed E-state index contributed by atoms with van der Waals surface area (Å²) in [5, 5.41) is 5.05. The topological polar surface area (TPSA) is 87.3 Å². The number of hydrogen-bond acceptors (Lipinski definition) is 3. The van der Waals surface area contributed by atoms with Gasteiger partial charge in [0.25, 0.3) is 10.0 Å². The van der Waals surface area contributed by atoms with Crippen LogP contribution in [0.2, 0.25) is 0 Å². The van der Waals surface area contributed by atoms with Crippen LogP contribution in [0.3, 0.4) is 0 Å². The first-order chi connectivity index (χ1) is 11.5. The Morgan fingerprint density at radius 3 is 2.54 bits per heavy atom. The van der Waals surface area contributed by atoms with Crippen molar-refractivity contribution in [3.05, 3.63) is 53.6 Å². The highest BCUT2D eigenvalue weighted by molar-refractivity contribution is 7.92. The van der Waals surface area contributed by atoms with Crippen molar-refractivity contribution in [2.45, 2.75) is 24.2 Å². The van der Waals surface area contributed by atoms with E-state index in [9.17, 15) is 13.2 Å². The van der Waals surface area contributed by atoms with Crippen molar-refractivity contribution in [2.75, 3.05) is 17.1 Å². The van der Waals surface area contributed by atoms with Crippen molar-refractivity contribution in [3.8, 4) is 0 Å². The summed E-state index contributed by atoms with van der Waals surface area (Å²) in [7, 11) is -2.15. The summed E-state index contributed by atoms with van der Waals surface area (Å²) < 4.78 is 27.7. The summed E-state index contributed by atoms with van der Waals surface area (Å²) in [6, 6.07) is 11.5. The van der Waals surface area contributed by atoms with Crippen molar-refractivity contribution in [3.63, 3.8) is 0 Å². The Hall–Kier alpha value is -2.54. The zero-order valence-corrected chi connectivity index (χ0v) is 14.1. The van der Waals surface area contributed by atoms with Gasteiger partial charge in [-0.05, 0) is 60.7 Å². The number of nitrogens with one attached hydrogen (secondary N) is 3. The molecule has 2 aromatic rings. The van der Waals surface area contributed by atoms with Gasteiger partial charge in [-0.1, -0.05) is 12.1 Å². The largest absolute Gasteiger partial charge is 0.341 e. The predicted molar refractivity (Wildman–Crippen MR) is 93.8 cm³/mol. The molecule has 7 heteroatoms. The standard InChI is InChI=1S/C17H19N3O3S/c1-18-17(21)19-14-6-3-7-15(11-14)20-24(22,23)16-9-8-12-4-2-5-13(12)10-16/h3,6-11,20H,2,4-5H2,1H3,(H2,18,19,21). The number of urea groups is 1. The van der Waals surface area contributed by atoms with Crippen molar-refractivity contribution >= 4 is 27.4 Å². The molecule has 0 bridgehead atoms. The molecular formula is C17H19N3O3S. The first-order valence-electron chi connectivity index (χ1n) is 7.71. The number of rotatable bonds is 4. The maximum atomic E-state index is 12.6. The average molecular weight is 345 g/mol. The lowest BCUT2D eigenvalue weighted by Crippen LogP contribution is -2.24. The molecule has 0 aromatic heterocycles. The van der Waals surface area contributed by atoms with Crippen molar-refractivity contribution in [1.29, 1.82) is 0 Å². The second-order valence-electron chi connectivity index (χ2n) is 5.67. The van der Waals surface area contributed by atoms with Crippen LogP contribution >= 0.6 is 0 Å². The minimum Gasteiger partial charge on any atom is -0.341 e. The van der Waals surface area contributed by atoms with Crippen LogP contribution in [0, 0.1) is 0 Å². The highest BCUT2D eigenvalue weighted by Gasteiger charge is 2.18. The number of anilines is 2. The molecule has 1 aliphatic carbocycles. The van der Waals surface area contributed by atoms with Gasteiger partial charge in [0.05, 0.1) is 10.6 Å². The Morgan fingerprint density at radius 2 is 1.75 bits per heavy atom. The number of hydrogen-bond donors (Lipinski definition) is 3. The Balaban J connectivity index is 1.82. The molecule has 0 radical (unpaired) electrons. The molecule has 0 saturated heterocycles. The lowest BCUT2D eigenvalue weighted by molar-refractivity contribution is 0.254. The normalized spacial score (nSPS) is 13.2. The van der Waals surface area contributed by atoms with Gasteiger partial charge < -0.3 is 10.6 Å². The van der Waals surface area contributed by atoms with Gasteiger partial charge in [-0.25, -0.2) is 13.2 Å². The molecule has 3 rings (SSSR count). The quantitative estimate of drug-likeness (QED) is 0.796. The molecule has 0 atom stereocenters. The third kappa shape index (κ3) is 3.51. The fourth-order valence-corrected chi connectivity index (χ4v) is 3.88. The van der Waals surface area contributed by atoms with E-state index in [-0.39, 0.29) is 10.9 Å². The van der Waals surface area contributed by atoms with E-state index in [1.165, 1.54) is 12.6 Å². The van der Waals surface area contributed by atoms with E-state index in [4.69, 9.17) is 0 Å². The van der Waals surface area contributed by atoms with E-state index in [0.29, 0.717) is 11.4 Å². The molecule has 6 nitrogen and oxygen atoms in total. The Bertz CT molecular complexity index is 878. The molecule has 126 valence electrons. The van der Waals surface area contributed by atoms with E-state index in [1.807, 2.05) is 6.07 Å². The number of amides is 2. The minimum atomic E-state index is -3.66. The molecule has 1 aliphatic rings. The number of fused-ring (bicyclic) bond motifs is 1. The summed E-state index contributed by atoms with van der Waals surface area (Å²) in [6.07, 6.45) is 3.00. The van der Waals surface area contributed by atoms with Gasteiger partial charge in [0.15, 0.2) is 0 Å². The van der Waals surface area contributed by atoms with Crippen LogP contribution in [0.5, 0.6) is 0 Å². The van der Waals surface area contributed by atoms with E-state index >= 15 is 0 Å². The third-order valence-electron chi connectivity index (χ3n) is 3.98. The van der Waals surface area contributed by atoms with E-state index in [1.54, 1.807) is 36.4 Å². The summed E-state index contributed by atoms with van der Waals surface area (Å²) in [5.74, 6) is 0. The molecule has 2 aromatic carbocycles. The van der Waals surface area contributed by atoms with E-state index in [2.05, 4.69) is 15.4 Å².